The average molecular weight is 244 g/mol. The number of hydrogen-bond acceptors (Lipinski definition) is 4. The van der Waals surface area contributed by atoms with Crippen LogP contribution in [-0.4, -0.2) is 48.5 Å². The summed E-state index contributed by atoms with van der Waals surface area (Å²) < 4.78 is 5.19. The van der Waals surface area contributed by atoms with Gasteiger partial charge in [0.15, 0.2) is 0 Å². The molecule has 1 amide bonds. The lowest BCUT2D eigenvalue weighted by Gasteiger charge is -2.32. The zero-order valence-electron chi connectivity index (χ0n) is 11.0. The molecule has 1 rings (SSSR count). The van der Waals surface area contributed by atoms with Gasteiger partial charge in [-0.1, -0.05) is 0 Å². The van der Waals surface area contributed by atoms with Crippen molar-refractivity contribution in [3.05, 3.63) is 0 Å². The Hall–Kier alpha value is -0.650. The summed E-state index contributed by atoms with van der Waals surface area (Å²) in [5.41, 5.74) is -0.936. The molecule has 1 aliphatic heterocycles. The van der Waals surface area contributed by atoms with Crippen LogP contribution in [0.25, 0.3) is 0 Å². The van der Waals surface area contributed by atoms with Crippen molar-refractivity contribution in [2.24, 2.45) is 0 Å². The number of carbonyl (C=O) groups is 1. The predicted octanol–water partition coefficient (Wildman–Crippen LogP) is 0.0322. The Labute approximate surface area is 103 Å². The van der Waals surface area contributed by atoms with Gasteiger partial charge in [0.1, 0.15) is 0 Å². The quantitative estimate of drug-likeness (QED) is 0.652. The highest BCUT2D eigenvalue weighted by Crippen LogP contribution is 2.18. The molecule has 0 unspecified atom stereocenters. The molecule has 100 valence electrons. The first kappa shape index (κ1) is 14.4. The normalized spacial score (nSPS) is 20.0. The van der Waals surface area contributed by atoms with E-state index in [9.17, 15) is 9.90 Å². The summed E-state index contributed by atoms with van der Waals surface area (Å²) in [5, 5.41) is 16.0. The predicted molar refractivity (Wildman–Crippen MR) is 65.8 cm³/mol. The molecule has 5 heteroatoms. The van der Waals surface area contributed by atoms with E-state index in [1.807, 2.05) is 20.8 Å². The minimum atomic E-state index is -0.722. The Balaban J connectivity index is 2.20. The third-order valence-corrected chi connectivity index (χ3v) is 2.68. The first-order valence-corrected chi connectivity index (χ1v) is 6.13. The summed E-state index contributed by atoms with van der Waals surface area (Å²) in [4.78, 5) is 11.5. The topological polar surface area (TPSA) is 70.6 Å². The van der Waals surface area contributed by atoms with Crippen molar-refractivity contribution in [3.63, 3.8) is 0 Å². The van der Waals surface area contributed by atoms with E-state index in [1.54, 1.807) is 0 Å². The minimum absolute atomic E-state index is 0.0480. The molecule has 1 aliphatic rings. The smallest absolute Gasteiger partial charge is 0.234 e. The van der Waals surface area contributed by atoms with Crippen LogP contribution >= 0.6 is 0 Å². The van der Waals surface area contributed by atoms with Crippen molar-refractivity contribution in [2.75, 3.05) is 26.3 Å². The highest BCUT2D eigenvalue weighted by Gasteiger charge is 2.29. The molecule has 0 atom stereocenters. The van der Waals surface area contributed by atoms with Gasteiger partial charge in [-0.2, -0.15) is 0 Å². The lowest BCUT2D eigenvalue weighted by atomic mass is 9.94. The summed E-state index contributed by atoms with van der Waals surface area (Å²) in [5.74, 6) is -0.0480. The van der Waals surface area contributed by atoms with Crippen molar-refractivity contribution in [1.82, 2.24) is 10.6 Å². The molecule has 1 heterocycles. The van der Waals surface area contributed by atoms with Gasteiger partial charge in [0.05, 0.1) is 12.1 Å². The molecular weight excluding hydrogens is 220 g/mol. The third-order valence-electron chi connectivity index (χ3n) is 2.68. The molecule has 0 aromatic carbocycles. The van der Waals surface area contributed by atoms with E-state index in [2.05, 4.69) is 10.6 Å². The molecule has 1 saturated heterocycles. The zero-order valence-corrected chi connectivity index (χ0v) is 11.0. The van der Waals surface area contributed by atoms with Crippen LogP contribution in [0, 0.1) is 0 Å². The maximum Gasteiger partial charge on any atom is 0.234 e. The standard InChI is InChI=1S/C12H24N2O3/c1-11(2,3)14-10(15)8-13-9-12(16)4-6-17-7-5-12/h13,16H,4-9H2,1-3H3,(H,14,15). The summed E-state index contributed by atoms with van der Waals surface area (Å²) in [6, 6.07) is 0. The monoisotopic (exact) mass is 244 g/mol. The molecule has 0 spiro atoms. The van der Waals surface area contributed by atoms with E-state index in [4.69, 9.17) is 4.74 Å². The van der Waals surface area contributed by atoms with Crippen molar-refractivity contribution < 1.29 is 14.6 Å². The molecule has 3 N–H and O–H groups in total. The van der Waals surface area contributed by atoms with Gasteiger partial charge < -0.3 is 20.5 Å². The van der Waals surface area contributed by atoms with Gasteiger partial charge in [0.25, 0.3) is 0 Å². The summed E-state index contributed by atoms with van der Waals surface area (Å²) >= 11 is 0. The zero-order chi connectivity index (χ0) is 12.9. The summed E-state index contributed by atoms with van der Waals surface area (Å²) in [6.07, 6.45) is 1.25. The van der Waals surface area contributed by atoms with E-state index >= 15 is 0 Å². The van der Waals surface area contributed by atoms with Crippen LogP contribution in [0.15, 0.2) is 0 Å². The highest BCUT2D eigenvalue weighted by molar-refractivity contribution is 5.78. The van der Waals surface area contributed by atoms with Crippen LogP contribution in [0.3, 0.4) is 0 Å². The lowest BCUT2D eigenvalue weighted by Crippen LogP contribution is -2.49. The maximum atomic E-state index is 11.5. The van der Waals surface area contributed by atoms with Gasteiger partial charge in [-0.25, -0.2) is 0 Å². The Morgan fingerprint density at radius 1 is 1.35 bits per heavy atom. The molecule has 0 aromatic heterocycles. The van der Waals surface area contributed by atoms with Crippen LogP contribution in [0.1, 0.15) is 33.6 Å². The van der Waals surface area contributed by atoms with Crippen LogP contribution < -0.4 is 10.6 Å². The number of amides is 1. The maximum absolute atomic E-state index is 11.5. The largest absolute Gasteiger partial charge is 0.388 e. The van der Waals surface area contributed by atoms with E-state index in [0.717, 1.165) is 0 Å². The Morgan fingerprint density at radius 3 is 2.47 bits per heavy atom. The number of carbonyl (C=O) groups excluding carboxylic acids is 1. The van der Waals surface area contributed by atoms with Gasteiger partial charge in [-0.15, -0.1) is 0 Å². The molecule has 17 heavy (non-hydrogen) atoms. The van der Waals surface area contributed by atoms with Crippen LogP contribution in [0.2, 0.25) is 0 Å². The fraction of sp³-hybridized carbons (Fsp3) is 0.917. The minimum Gasteiger partial charge on any atom is -0.388 e. The molecule has 1 fully saturated rings. The fourth-order valence-corrected chi connectivity index (χ4v) is 1.80. The lowest BCUT2D eigenvalue weighted by molar-refractivity contribution is -0.122. The highest BCUT2D eigenvalue weighted by atomic mass is 16.5. The number of nitrogens with one attached hydrogen (secondary N) is 2. The number of aliphatic hydroxyl groups is 1. The molecule has 0 saturated carbocycles. The first-order chi connectivity index (χ1) is 7.81. The number of rotatable bonds is 4. The molecule has 0 radical (unpaired) electrons. The Kier molecular flexibility index (Phi) is 4.91. The van der Waals surface area contributed by atoms with Gasteiger partial charge in [0, 0.05) is 38.1 Å². The molecule has 0 aliphatic carbocycles. The molecule has 0 bridgehead atoms. The van der Waals surface area contributed by atoms with E-state index in [0.29, 0.717) is 32.6 Å². The molecule has 5 nitrogen and oxygen atoms in total. The van der Waals surface area contributed by atoms with Crippen molar-refractivity contribution in [3.8, 4) is 0 Å². The van der Waals surface area contributed by atoms with E-state index < -0.39 is 5.60 Å². The second-order valence-electron chi connectivity index (χ2n) is 5.74. The Morgan fingerprint density at radius 2 is 1.94 bits per heavy atom. The fourth-order valence-electron chi connectivity index (χ4n) is 1.80. The first-order valence-electron chi connectivity index (χ1n) is 6.13. The average Bonchev–Trinajstić information content (AvgIpc) is 2.15. The van der Waals surface area contributed by atoms with Crippen LogP contribution in [0.4, 0.5) is 0 Å². The van der Waals surface area contributed by atoms with Crippen molar-refractivity contribution in [2.45, 2.75) is 44.8 Å². The summed E-state index contributed by atoms with van der Waals surface area (Å²) in [7, 11) is 0. The van der Waals surface area contributed by atoms with Crippen LogP contribution in [-0.2, 0) is 9.53 Å². The van der Waals surface area contributed by atoms with Gasteiger partial charge in [0.2, 0.25) is 5.91 Å². The van der Waals surface area contributed by atoms with E-state index in [-0.39, 0.29) is 18.0 Å². The molecule has 0 aromatic rings. The number of hydrogen-bond donors (Lipinski definition) is 3. The second kappa shape index (κ2) is 5.80. The molecular formula is C12H24N2O3. The summed E-state index contributed by atoms with van der Waals surface area (Å²) in [6.45, 7) is 7.68. The third kappa shape index (κ3) is 6.00. The van der Waals surface area contributed by atoms with Gasteiger partial charge in [-0.3, -0.25) is 4.79 Å². The second-order valence-corrected chi connectivity index (χ2v) is 5.74. The van der Waals surface area contributed by atoms with Gasteiger partial charge >= 0.3 is 0 Å². The van der Waals surface area contributed by atoms with Crippen molar-refractivity contribution >= 4 is 5.91 Å². The number of ether oxygens (including phenoxy) is 1. The SMILES string of the molecule is CC(C)(C)NC(=O)CNCC1(O)CCOCC1. The van der Waals surface area contributed by atoms with Crippen molar-refractivity contribution in [1.29, 1.82) is 0 Å². The van der Waals surface area contributed by atoms with Gasteiger partial charge in [-0.05, 0) is 20.8 Å². The van der Waals surface area contributed by atoms with E-state index in [1.165, 1.54) is 0 Å². The Bertz CT molecular complexity index is 255. The van der Waals surface area contributed by atoms with Crippen LogP contribution in [0.5, 0.6) is 0 Å².